The fourth-order valence-corrected chi connectivity index (χ4v) is 1.41. The maximum Gasteiger partial charge on any atom is 0.416 e. The lowest BCUT2D eigenvalue weighted by atomic mass is 10.2. The Labute approximate surface area is 108 Å². The van der Waals surface area contributed by atoms with E-state index >= 15 is 0 Å². The Morgan fingerprint density at radius 3 is 2.50 bits per heavy atom. The summed E-state index contributed by atoms with van der Waals surface area (Å²) in [5, 5.41) is 2.69. The van der Waals surface area contributed by atoms with Crippen molar-refractivity contribution in [1.29, 1.82) is 0 Å². The van der Waals surface area contributed by atoms with Crippen molar-refractivity contribution in [3.63, 3.8) is 0 Å². The van der Waals surface area contributed by atoms with Gasteiger partial charge in [0, 0.05) is 6.04 Å². The molecule has 7 heteroatoms. The van der Waals surface area contributed by atoms with Gasteiger partial charge in [-0.05, 0) is 32.0 Å². The molecule has 0 bridgehead atoms. The molecule has 0 aromatic heterocycles. The molecule has 100 valence electrons. The molecule has 0 aliphatic carbocycles. The lowest BCUT2D eigenvalue weighted by molar-refractivity contribution is -0.137. The summed E-state index contributed by atoms with van der Waals surface area (Å²) in [6.07, 6.45) is -4.43. The van der Waals surface area contributed by atoms with E-state index in [9.17, 15) is 13.2 Å². The number of nitrogens with two attached hydrogens (primary N) is 1. The Hall–Kier alpha value is -1.43. The lowest BCUT2D eigenvalue weighted by Gasteiger charge is -2.12. The van der Waals surface area contributed by atoms with Gasteiger partial charge in [0.2, 0.25) is 0 Å². The molecule has 1 rings (SSSR count). The maximum atomic E-state index is 12.5. The molecule has 0 unspecified atom stereocenters. The normalized spacial score (nSPS) is 12.9. The molecule has 0 aliphatic heterocycles. The molecule has 0 heterocycles. The van der Waals surface area contributed by atoms with E-state index in [1.54, 1.807) is 13.8 Å². The number of aliphatic imine (C=N–C) groups is 1. The zero-order valence-corrected chi connectivity index (χ0v) is 10.6. The number of nitrogens with zero attached hydrogens (tertiary/aromatic N) is 1. The van der Waals surface area contributed by atoms with Gasteiger partial charge in [0.15, 0.2) is 5.96 Å². The van der Waals surface area contributed by atoms with Crippen molar-refractivity contribution in [3.8, 4) is 0 Å². The summed E-state index contributed by atoms with van der Waals surface area (Å²) in [5.41, 5.74) is 4.81. The molecule has 0 saturated carbocycles. The molecule has 0 spiro atoms. The molecule has 3 nitrogen and oxygen atoms in total. The SMILES string of the molecule is CC(C)N=C(N)Nc1cc(C(F)(F)F)ccc1Cl. The summed E-state index contributed by atoms with van der Waals surface area (Å²) in [5.74, 6) is 0.0197. The Bertz CT molecular complexity index is 455. The number of halogens is 4. The molecule has 0 saturated heterocycles. The van der Waals surface area contributed by atoms with Gasteiger partial charge in [-0.3, -0.25) is 4.99 Å². The molecule has 0 aliphatic rings. The van der Waals surface area contributed by atoms with Gasteiger partial charge in [0.25, 0.3) is 0 Å². The van der Waals surface area contributed by atoms with E-state index in [1.165, 1.54) is 0 Å². The Balaban J connectivity index is 3.02. The van der Waals surface area contributed by atoms with Crippen molar-refractivity contribution in [2.75, 3.05) is 5.32 Å². The van der Waals surface area contributed by atoms with E-state index in [-0.39, 0.29) is 22.7 Å². The zero-order valence-electron chi connectivity index (χ0n) is 9.85. The molecule has 18 heavy (non-hydrogen) atoms. The predicted octanol–water partition coefficient (Wildman–Crippen LogP) is 3.49. The van der Waals surface area contributed by atoms with Crippen LogP contribution in [0.3, 0.4) is 0 Å². The van der Waals surface area contributed by atoms with Gasteiger partial charge in [0.1, 0.15) is 0 Å². The van der Waals surface area contributed by atoms with Gasteiger partial charge >= 0.3 is 6.18 Å². The monoisotopic (exact) mass is 279 g/mol. The third-order valence-electron chi connectivity index (χ3n) is 1.95. The van der Waals surface area contributed by atoms with Gasteiger partial charge in [-0.15, -0.1) is 0 Å². The summed E-state index contributed by atoms with van der Waals surface area (Å²) >= 11 is 5.79. The quantitative estimate of drug-likeness (QED) is 0.643. The first-order valence-corrected chi connectivity index (χ1v) is 5.55. The van der Waals surface area contributed by atoms with Crippen LogP contribution in [0.5, 0.6) is 0 Å². The van der Waals surface area contributed by atoms with E-state index in [0.717, 1.165) is 18.2 Å². The van der Waals surface area contributed by atoms with Crippen LogP contribution in [-0.4, -0.2) is 12.0 Å². The fourth-order valence-electron chi connectivity index (χ4n) is 1.25. The largest absolute Gasteiger partial charge is 0.416 e. The number of guanidine groups is 1. The highest BCUT2D eigenvalue weighted by Gasteiger charge is 2.31. The van der Waals surface area contributed by atoms with Crippen LogP contribution in [0.4, 0.5) is 18.9 Å². The highest BCUT2D eigenvalue weighted by molar-refractivity contribution is 6.33. The summed E-state index contributed by atoms with van der Waals surface area (Å²) < 4.78 is 37.5. The topological polar surface area (TPSA) is 50.4 Å². The van der Waals surface area contributed by atoms with E-state index < -0.39 is 11.7 Å². The average molecular weight is 280 g/mol. The lowest BCUT2D eigenvalue weighted by Crippen LogP contribution is -2.24. The molecule has 0 amide bonds. The minimum absolute atomic E-state index is 0.0197. The molecule has 1 aromatic rings. The minimum Gasteiger partial charge on any atom is -0.370 e. The van der Waals surface area contributed by atoms with Crippen LogP contribution in [-0.2, 0) is 6.18 Å². The summed E-state index contributed by atoms with van der Waals surface area (Å²) in [6, 6.07) is 2.89. The summed E-state index contributed by atoms with van der Waals surface area (Å²) in [6.45, 7) is 3.59. The van der Waals surface area contributed by atoms with Crippen molar-refractivity contribution in [1.82, 2.24) is 0 Å². The number of benzene rings is 1. The number of nitrogens with one attached hydrogen (secondary N) is 1. The van der Waals surface area contributed by atoms with Crippen molar-refractivity contribution in [2.24, 2.45) is 10.7 Å². The van der Waals surface area contributed by atoms with Crippen molar-refractivity contribution < 1.29 is 13.2 Å². The molecular formula is C11H13ClF3N3. The Morgan fingerprint density at radius 1 is 1.39 bits per heavy atom. The van der Waals surface area contributed by atoms with Crippen molar-refractivity contribution in [3.05, 3.63) is 28.8 Å². The van der Waals surface area contributed by atoms with E-state index in [0.29, 0.717) is 0 Å². The standard InChI is InChI=1S/C11H13ClF3N3/c1-6(2)17-10(16)18-9-5-7(11(13,14)15)3-4-8(9)12/h3-6H,1-2H3,(H3,16,17,18). The molecule has 3 N–H and O–H groups in total. The molecule has 0 fully saturated rings. The van der Waals surface area contributed by atoms with E-state index in [1.807, 2.05) is 0 Å². The van der Waals surface area contributed by atoms with E-state index in [4.69, 9.17) is 17.3 Å². The van der Waals surface area contributed by atoms with Crippen LogP contribution in [0.1, 0.15) is 19.4 Å². The predicted molar refractivity (Wildman–Crippen MR) is 66.8 cm³/mol. The number of hydrogen-bond donors (Lipinski definition) is 2. The number of anilines is 1. The Morgan fingerprint density at radius 2 is 2.00 bits per heavy atom. The number of alkyl halides is 3. The molecule has 0 atom stereocenters. The Kier molecular flexibility index (Phi) is 4.45. The maximum absolute atomic E-state index is 12.5. The van der Waals surface area contributed by atoms with Crippen molar-refractivity contribution in [2.45, 2.75) is 26.1 Å². The van der Waals surface area contributed by atoms with Crippen LogP contribution in [0.25, 0.3) is 0 Å². The number of hydrogen-bond acceptors (Lipinski definition) is 1. The summed E-state index contributed by atoms with van der Waals surface area (Å²) in [7, 11) is 0. The van der Waals surface area contributed by atoms with Crippen molar-refractivity contribution >= 4 is 23.2 Å². The minimum atomic E-state index is -4.43. The fraction of sp³-hybridized carbons (Fsp3) is 0.364. The van der Waals surface area contributed by atoms with Gasteiger partial charge in [-0.1, -0.05) is 11.6 Å². The van der Waals surface area contributed by atoms with Crippen LogP contribution < -0.4 is 11.1 Å². The second-order valence-electron chi connectivity index (χ2n) is 3.93. The first-order valence-electron chi connectivity index (χ1n) is 5.17. The highest BCUT2D eigenvalue weighted by atomic mass is 35.5. The molecule has 1 aromatic carbocycles. The third-order valence-corrected chi connectivity index (χ3v) is 2.28. The smallest absolute Gasteiger partial charge is 0.370 e. The van der Waals surface area contributed by atoms with Crippen LogP contribution in [0, 0.1) is 0 Å². The first kappa shape index (κ1) is 14.6. The molecule has 0 radical (unpaired) electrons. The summed E-state index contributed by atoms with van der Waals surface area (Å²) in [4.78, 5) is 3.95. The zero-order chi connectivity index (χ0) is 13.9. The third kappa shape index (κ3) is 4.10. The highest BCUT2D eigenvalue weighted by Crippen LogP contribution is 2.33. The van der Waals surface area contributed by atoms with Gasteiger partial charge in [-0.2, -0.15) is 13.2 Å². The molecular weight excluding hydrogens is 267 g/mol. The second kappa shape index (κ2) is 5.48. The van der Waals surface area contributed by atoms with Crippen LogP contribution in [0.15, 0.2) is 23.2 Å². The van der Waals surface area contributed by atoms with Crippen LogP contribution in [0.2, 0.25) is 5.02 Å². The first-order chi connectivity index (χ1) is 8.20. The van der Waals surface area contributed by atoms with Crippen LogP contribution >= 0.6 is 11.6 Å². The average Bonchev–Trinajstić information content (AvgIpc) is 2.18. The van der Waals surface area contributed by atoms with Gasteiger partial charge in [0.05, 0.1) is 16.3 Å². The van der Waals surface area contributed by atoms with Gasteiger partial charge < -0.3 is 11.1 Å². The number of rotatable bonds is 2. The second-order valence-corrected chi connectivity index (χ2v) is 4.33. The van der Waals surface area contributed by atoms with Gasteiger partial charge in [-0.25, -0.2) is 0 Å². The van der Waals surface area contributed by atoms with E-state index in [2.05, 4.69) is 10.3 Å².